The summed E-state index contributed by atoms with van der Waals surface area (Å²) in [4.78, 5) is 21.9. The van der Waals surface area contributed by atoms with Crippen LogP contribution in [0.2, 0.25) is 0 Å². The van der Waals surface area contributed by atoms with Gasteiger partial charge in [0.15, 0.2) is 0 Å². The largest absolute Gasteiger partial charge is 0.481 e. The van der Waals surface area contributed by atoms with Gasteiger partial charge in [0.25, 0.3) is 0 Å². The van der Waals surface area contributed by atoms with Crippen molar-refractivity contribution in [3.63, 3.8) is 0 Å². The topological polar surface area (TPSA) is 75.6 Å². The van der Waals surface area contributed by atoms with E-state index in [1.54, 1.807) is 0 Å². The fourth-order valence-electron chi connectivity index (χ4n) is 2.00. The zero-order valence-corrected chi connectivity index (χ0v) is 12.9. The Balaban J connectivity index is 1.84. The number of ether oxygens (including phenoxy) is 1. The molecule has 0 spiro atoms. The molecule has 0 fully saturated rings. The molecule has 2 N–H and O–H groups in total. The number of amides is 1. The van der Waals surface area contributed by atoms with Gasteiger partial charge >= 0.3 is 5.97 Å². The molecular weight excluding hydrogens is 294 g/mol. The van der Waals surface area contributed by atoms with E-state index in [1.165, 1.54) is 0 Å². The first-order valence-corrected chi connectivity index (χ1v) is 7.35. The summed E-state index contributed by atoms with van der Waals surface area (Å²) in [5.41, 5.74) is 2.05. The van der Waals surface area contributed by atoms with Gasteiger partial charge in [-0.2, -0.15) is 0 Å². The first-order chi connectivity index (χ1) is 11.0. The fourth-order valence-corrected chi connectivity index (χ4v) is 2.00. The van der Waals surface area contributed by atoms with Gasteiger partial charge in [0, 0.05) is 13.0 Å². The van der Waals surface area contributed by atoms with Gasteiger partial charge in [0.2, 0.25) is 5.91 Å². The van der Waals surface area contributed by atoms with Crippen molar-refractivity contribution in [3.05, 3.63) is 59.7 Å². The van der Waals surface area contributed by atoms with Gasteiger partial charge in [0.05, 0.1) is 6.42 Å². The number of carboxylic acids is 1. The normalized spacial score (nSPS) is 10.1. The molecule has 0 atom stereocenters. The molecule has 0 bridgehead atoms. The van der Waals surface area contributed by atoms with Crippen molar-refractivity contribution in [1.82, 2.24) is 5.32 Å². The van der Waals surface area contributed by atoms with Crippen molar-refractivity contribution in [2.24, 2.45) is 0 Å². The van der Waals surface area contributed by atoms with Gasteiger partial charge < -0.3 is 15.2 Å². The number of hydrogen-bond donors (Lipinski definition) is 2. The summed E-state index contributed by atoms with van der Waals surface area (Å²) in [7, 11) is 0. The Morgan fingerprint density at radius 3 is 2.43 bits per heavy atom. The molecule has 2 rings (SSSR count). The SMILES string of the molecule is Cc1cccc(Oc2ccc(CNC(=O)CCC(=O)O)cc2)c1. The fraction of sp³-hybridized carbons (Fsp3) is 0.222. The Labute approximate surface area is 134 Å². The molecule has 2 aromatic rings. The average Bonchev–Trinajstić information content (AvgIpc) is 2.52. The highest BCUT2D eigenvalue weighted by molar-refractivity contribution is 5.80. The van der Waals surface area contributed by atoms with Crippen LogP contribution in [0.4, 0.5) is 0 Å². The van der Waals surface area contributed by atoms with Crippen LogP contribution >= 0.6 is 0 Å². The number of aryl methyl sites for hydroxylation is 1. The van der Waals surface area contributed by atoms with Gasteiger partial charge in [-0.1, -0.05) is 24.3 Å². The van der Waals surface area contributed by atoms with E-state index in [0.29, 0.717) is 6.54 Å². The number of nitrogens with one attached hydrogen (secondary N) is 1. The van der Waals surface area contributed by atoms with Crippen LogP contribution in [0.3, 0.4) is 0 Å². The number of aliphatic carboxylic acids is 1. The summed E-state index contributed by atoms with van der Waals surface area (Å²) in [6.07, 6.45) is -0.168. The van der Waals surface area contributed by atoms with E-state index in [1.807, 2.05) is 55.5 Å². The molecule has 5 nitrogen and oxygen atoms in total. The van der Waals surface area contributed by atoms with Crippen molar-refractivity contribution >= 4 is 11.9 Å². The molecular formula is C18H19NO4. The second kappa shape index (κ2) is 7.98. The van der Waals surface area contributed by atoms with Crippen LogP contribution in [-0.4, -0.2) is 17.0 Å². The van der Waals surface area contributed by atoms with Gasteiger partial charge in [-0.05, 0) is 42.3 Å². The molecule has 0 saturated carbocycles. The third-order valence-electron chi connectivity index (χ3n) is 3.20. The van der Waals surface area contributed by atoms with Crippen molar-refractivity contribution in [3.8, 4) is 11.5 Å². The summed E-state index contributed by atoms with van der Waals surface area (Å²) in [5.74, 6) is 0.251. The Bertz CT molecular complexity index is 680. The second-order valence-electron chi connectivity index (χ2n) is 5.23. The Morgan fingerprint density at radius 2 is 1.78 bits per heavy atom. The van der Waals surface area contributed by atoms with Crippen molar-refractivity contribution in [2.45, 2.75) is 26.3 Å². The smallest absolute Gasteiger partial charge is 0.303 e. The lowest BCUT2D eigenvalue weighted by molar-refractivity contribution is -0.138. The molecule has 5 heteroatoms. The van der Waals surface area contributed by atoms with Gasteiger partial charge in [-0.25, -0.2) is 0 Å². The van der Waals surface area contributed by atoms with E-state index in [-0.39, 0.29) is 18.7 Å². The number of carboxylic acid groups (broad SMARTS) is 1. The van der Waals surface area contributed by atoms with Crippen LogP contribution in [0.25, 0.3) is 0 Å². The van der Waals surface area contributed by atoms with Gasteiger partial charge in [-0.15, -0.1) is 0 Å². The first-order valence-electron chi connectivity index (χ1n) is 7.35. The molecule has 0 radical (unpaired) electrons. The van der Waals surface area contributed by atoms with E-state index in [4.69, 9.17) is 9.84 Å². The minimum absolute atomic E-state index is 0.0100. The maximum Gasteiger partial charge on any atom is 0.303 e. The number of carbonyl (C=O) groups is 2. The van der Waals surface area contributed by atoms with Crippen molar-refractivity contribution in [1.29, 1.82) is 0 Å². The number of benzene rings is 2. The number of hydrogen-bond acceptors (Lipinski definition) is 3. The van der Waals surface area contributed by atoms with Crippen LogP contribution in [0.1, 0.15) is 24.0 Å². The molecule has 120 valence electrons. The van der Waals surface area contributed by atoms with Gasteiger partial charge in [-0.3, -0.25) is 9.59 Å². The monoisotopic (exact) mass is 313 g/mol. The lowest BCUT2D eigenvalue weighted by Crippen LogP contribution is -2.23. The van der Waals surface area contributed by atoms with Gasteiger partial charge in [0.1, 0.15) is 11.5 Å². The van der Waals surface area contributed by atoms with Crippen LogP contribution in [0.5, 0.6) is 11.5 Å². The average molecular weight is 313 g/mol. The zero-order valence-electron chi connectivity index (χ0n) is 12.9. The standard InChI is InChI=1S/C18H19NO4/c1-13-3-2-4-16(11-13)23-15-7-5-14(6-8-15)12-19-17(20)9-10-18(21)22/h2-8,11H,9-10,12H2,1H3,(H,19,20)(H,21,22). The predicted octanol–water partition coefficient (Wildman–Crippen LogP) is 3.27. The lowest BCUT2D eigenvalue weighted by atomic mass is 10.2. The Morgan fingerprint density at radius 1 is 1.04 bits per heavy atom. The maximum atomic E-state index is 11.5. The Kier molecular flexibility index (Phi) is 5.74. The molecule has 0 heterocycles. The number of carbonyl (C=O) groups excluding carboxylic acids is 1. The zero-order chi connectivity index (χ0) is 16.7. The van der Waals surface area contributed by atoms with E-state index in [0.717, 1.165) is 22.6 Å². The second-order valence-corrected chi connectivity index (χ2v) is 5.23. The molecule has 0 saturated heterocycles. The summed E-state index contributed by atoms with van der Waals surface area (Å²) in [5, 5.41) is 11.2. The van der Waals surface area contributed by atoms with Crippen molar-refractivity contribution in [2.75, 3.05) is 0 Å². The third kappa shape index (κ3) is 5.82. The van der Waals surface area contributed by atoms with Crippen LogP contribution < -0.4 is 10.1 Å². The Hall–Kier alpha value is -2.82. The highest BCUT2D eigenvalue weighted by Gasteiger charge is 2.05. The summed E-state index contributed by atoms with van der Waals surface area (Å²) in [6.45, 7) is 2.37. The third-order valence-corrected chi connectivity index (χ3v) is 3.20. The van der Waals surface area contributed by atoms with E-state index >= 15 is 0 Å². The molecule has 0 aliphatic carbocycles. The molecule has 0 unspecified atom stereocenters. The van der Waals surface area contributed by atoms with E-state index in [2.05, 4.69) is 5.32 Å². The lowest BCUT2D eigenvalue weighted by Gasteiger charge is -2.08. The highest BCUT2D eigenvalue weighted by Crippen LogP contribution is 2.22. The number of rotatable bonds is 7. The predicted molar refractivity (Wildman–Crippen MR) is 86.4 cm³/mol. The first kappa shape index (κ1) is 16.5. The van der Waals surface area contributed by atoms with E-state index in [9.17, 15) is 9.59 Å². The quantitative estimate of drug-likeness (QED) is 0.822. The van der Waals surface area contributed by atoms with Crippen LogP contribution in [0, 0.1) is 6.92 Å². The molecule has 23 heavy (non-hydrogen) atoms. The van der Waals surface area contributed by atoms with Crippen molar-refractivity contribution < 1.29 is 19.4 Å². The summed E-state index contributed by atoms with van der Waals surface area (Å²) in [6, 6.07) is 15.2. The minimum Gasteiger partial charge on any atom is -0.481 e. The maximum absolute atomic E-state index is 11.5. The minimum atomic E-state index is -0.974. The molecule has 0 aromatic heterocycles. The molecule has 0 aliphatic heterocycles. The molecule has 2 aromatic carbocycles. The van der Waals surface area contributed by atoms with Crippen LogP contribution in [0.15, 0.2) is 48.5 Å². The van der Waals surface area contributed by atoms with E-state index < -0.39 is 5.97 Å². The molecule has 1 amide bonds. The van der Waals surface area contributed by atoms with Crippen LogP contribution in [-0.2, 0) is 16.1 Å². The summed E-state index contributed by atoms with van der Waals surface area (Å²) >= 11 is 0. The summed E-state index contributed by atoms with van der Waals surface area (Å²) < 4.78 is 5.75. The highest BCUT2D eigenvalue weighted by atomic mass is 16.5. The molecule has 0 aliphatic rings.